The van der Waals surface area contributed by atoms with E-state index in [4.69, 9.17) is 25.7 Å². The van der Waals surface area contributed by atoms with Crippen LogP contribution in [-0.4, -0.2) is 7.11 Å². The predicted octanol–water partition coefficient (Wildman–Crippen LogP) is 6.76. The lowest BCUT2D eigenvalue weighted by atomic mass is 10.1. The van der Waals surface area contributed by atoms with E-state index in [1.54, 1.807) is 7.11 Å². The number of fused-ring (bicyclic) bond motifs is 1. The van der Waals surface area contributed by atoms with Gasteiger partial charge in [-0.3, -0.25) is 0 Å². The summed E-state index contributed by atoms with van der Waals surface area (Å²) in [5.41, 5.74) is 2.54. The molecule has 0 N–H and O–H groups in total. The van der Waals surface area contributed by atoms with Gasteiger partial charge in [0.1, 0.15) is 17.1 Å². The van der Waals surface area contributed by atoms with E-state index in [-0.39, 0.29) is 0 Å². The lowest BCUT2D eigenvalue weighted by Gasteiger charge is -2.07. The van der Waals surface area contributed by atoms with Gasteiger partial charge < -0.3 is 9.15 Å². The monoisotopic (exact) mass is 439 g/mol. The van der Waals surface area contributed by atoms with Crippen molar-refractivity contribution in [2.45, 2.75) is 0 Å². The van der Waals surface area contributed by atoms with Crippen molar-refractivity contribution in [2.24, 2.45) is 4.99 Å². The molecule has 0 unspecified atom stereocenters. The van der Waals surface area contributed by atoms with Crippen LogP contribution in [0.3, 0.4) is 0 Å². The number of halogens is 2. The molecule has 0 radical (unpaired) electrons. The van der Waals surface area contributed by atoms with Crippen LogP contribution >= 0.6 is 27.5 Å². The molecular weight excluding hydrogens is 426 g/mol. The molecule has 1 heterocycles. The molecule has 27 heavy (non-hydrogen) atoms. The average Bonchev–Trinajstić information content (AvgIpc) is 2.70. The van der Waals surface area contributed by atoms with E-state index in [9.17, 15) is 0 Å². The van der Waals surface area contributed by atoms with Crippen molar-refractivity contribution in [1.29, 1.82) is 0 Å². The molecule has 0 aliphatic heterocycles. The van der Waals surface area contributed by atoms with Crippen LogP contribution in [0.25, 0.3) is 22.3 Å². The normalized spacial score (nSPS) is 11.7. The van der Waals surface area contributed by atoms with Gasteiger partial charge in [-0.05, 0) is 66.7 Å². The highest BCUT2D eigenvalue weighted by molar-refractivity contribution is 9.10. The summed E-state index contributed by atoms with van der Waals surface area (Å²) in [5, 5.41) is 2.44. The largest absolute Gasteiger partial charge is 0.497 e. The molecular formula is C22H15BrClNO2. The summed E-state index contributed by atoms with van der Waals surface area (Å²) in [5.74, 6) is 1.54. The quantitative estimate of drug-likeness (QED) is 0.353. The summed E-state index contributed by atoms with van der Waals surface area (Å²) >= 11 is 9.51. The van der Waals surface area contributed by atoms with Crippen LogP contribution in [0.4, 0.5) is 5.69 Å². The van der Waals surface area contributed by atoms with Gasteiger partial charge in [0.2, 0.25) is 0 Å². The first-order valence-corrected chi connectivity index (χ1v) is 9.47. The fourth-order valence-electron chi connectivity index (χ4n) is 2.79. The summed E-state index contributed by atoms with van der Waals surface area (Å²) < 4.78 is 12.3. The topological polar surface area (TPSA) is 34.7 Å². The van der Waals surface area contributed by atoms with Crippen molar-refractivity contribution in [3.8, 4) is 17.1 Å². The number of hydrogen-bond donors (Lipinski definition) is 0. The number of rotatable bonds is 3. The maximum absolute atomic E-state index is 6.13. The number of methoxy groups -OCH3 is 1. The molecule has 0 spiro atoms. The molecule has 4 rings (SSSR count). The number of ether oxygens (including phenoxy) is 1. The lowest BCUT2D eigenvalue weighted by molar-refractivity contribution is 0.415. The maximum atomic E-state index is 6.13. The van der Waals surface area contributed by atoms with Crippen LogP contribution in [0.15, 0.2) is 86.7 Å². The van der Waals surface area contributed by atoms with Crippen LogP contribution in [0.2, 0.25) is 5.02 Å². The summed E-state index contributed by atoms with van der Waals surface area (Å²) in [6, 6.07) is 23.0. The Kier molecular flexibility index (Phi) is 5.01. The third-order valence-electron chi connectivity index (χ3n) is 4.16. The van der Waals surface area contributed by atoms with Crippen molar-refractivity contribution >= 4 is 44.2 Å². The Morgan fingerprint density at radius 1 is 0.926 bits per heavy atom. The molecule has 5 heteroatoms. The summed E-state index contributed by atoms with van der Waals surface area (Å²) in [6.45, 7) is 0. The highest BCUT2D eigenvalue weighted by Gasteiger charge is 2.07. The number of hydrogen-bond acceptors (Lipinski definition) is 3. The van der Waals surface area contributed by atoms with Gasteiger partial charge in [-0.15, -0.1) is 0 Å². The third-order valence-corrected chi connectivity index (χ3v) is 4.90. The maximum Gasteiger partial charge on any atom is 0.136 e. The number of nitrogens with zero attached hydrogens (tertiary/aromatic N) is 1. The highest BCUT2D eigenvalue weighted by Crippen LogP contribution is 2.26. The molecule has 0 saturated heterocycles. The molecule has 0 bridgehead atoms. The van der Waals surface area contributed by atoms with Gasteiger partial charge in [-0.1, -0.05) is 27.5 Å². The molecule has 4 aromatic rings. The molecule has 3 aromatic carbocycles. The van der Waals surface area contributed by atoms with Crippen LogP contribution < -0.4 is 10.1 Å². The first-order chi connectivity index (χ1) is 13.1. The van der Waals surface area contributed by atoms with Gasteiger partial charge >= 0.3 is 0 Å². The fourth-order valence-corrected chi connectivity index (χ4v) is 3.27. The minimum atomic E-state index is 0.684. The molecule has 0 amide bonds. The first-order valence-electron chi connectivity index (χ1n) is 8.30. The summed E-state index contributed by atoms with van der Waals surface area (Å²) in [6.07, 6.45) is 0. The molecule has 1 aromatic heterocycles. The van der Waals surface area contributed by atoms with Crippen LogP contribution in [0.5, 0.6) is 5.75 Å². The Morgan fingerprint density at radius 2 is 1.67 bits per heavy atom. The Hall–Kier alpha value is -2.56. The standard InChI is InChI=1S/C22H15BrClNO2/c1-26-18-9-2-14(3-10-18)22-13-20(25-17-7-5-16(24)6-8-17)19-12-15(23)4-11-21(19)27-22/h2-13H,1H3. The third kappa shape index (κ3) is 3.92. The minimum Gasteiger partial charge on any atom is -0.497 e. The van der Waals surface area contributed by atoms with Gasteiger partial charge in [0.25, 0.3) is 0 Å². The summed E-state index contributed by atoms with van der Waals surface area (Å²) in [7, 11) is 1.65. The van der Waals surface area contributed by atoms with Crippen LogP contribution in [0.1, 0.15) is 0 Å². The lowest BCUT2D eigenvalue weighted by Crippen LogP contribution is -2.03. The molecule has 0 aliphatic rings. The van der Waals surface area contributed by atoms with Gasteiger partial charge in [0.15, 0.2) is 0 Å². The molecule has 134 valence electrons. The van der Waals surface area contributed by atoms with Crippen molar-refractivity contribution < 1.29 is 9.15 Å². The Balaban J connectivity index is 1.94. The molecule has 0 saturated carbocycles. The molecule has 0 aliphatic carbocycles. The van der Waals surface area contributed by atoms with Crippen molar-refractivity contribution in [3.05, 3.63) is 87.6 Å². The van der Waals surface area contributed by atoms with E-state index in [1.807, 2.05) is 72.8 Å². The van der Waals surface area contributed by atoms with Gasteiger partial charge in [0, 0.05) is 26.5 Å². The van der Waals surface area contributed by atoms with E-state index in [1.165, 1.54) is 0 Å². The van der Waals surface area contributed by atoms with Gasteiger partial charge in [0.05, 0.1) is 18.2 Å². The number of benzene rings is 3. The second-order valence-electron chi connectivity index (χ2n) is 5.95. The van der Waals surface area contributed by atoms with Gasteiger partial charge in [-0.2, -0.15) is 0 Å². The van der Waals surface area contributed by atoms with E-state index in [0.29, 0.717) is 5.02 Å². The minimum absolute atomic E-state index is 0.684. The van der Waals surface area contributed by atoms with Crippen molar-refractivity contribution in [1.82, 2.24) is 0 Å². The second-order valence-corrected chi connectivity index (χ2v) is 7.31. The Morgan fingerprint density at radius 3 is 2.37 bits per heavy atom. The van der Waals surface area contributed by atoms with E-state index < -0.39 is 0 Å². The fraction of sp³-hybridized carbons (Fsp3) is 0.0455. The van der Waals surface area contributed by atoms with Crippen LogP contribution in [-0.2, 0) is 0 Å². The van der Waals surface area contributed by atoms with Crippen LogP contribution in [0, 0.1) is 0 Å². The predicted molar refractivity (Wildman–Crippen MR) is 113 cm³/mol. The zero-order valence-corrected chi connectivity index (χ0v) is 16.8. The van der Waals surface area contributed by atoms with Gasteiger partial charge in [-0.25, -0.2) is 4.99 Å². The van der Waals surface area contributed by atoms with E-state index in [2.05, 4.69) is 15.9 Å². The zero-order chi connectivity index (χ0) is 18.8. The van der Waals surface area contributed by atoms with Crippen molar-refractivity contribution in [3.63, 3.8) is 0 Å². The molecule has 0 fully saturated rings. The first kappa shape index (κ1) is 17.8. The Bertz CT molecular complexity index is 1170. The highest BCUT2D eigenvalue weighted by atomic mass is 79.9. The zero-order valence-electron chi connectivity index (χ0n) is 14.4. The SMILES string of the molecule is COc1ccc(-c2cc(=Nc3ccc(Cl)cc3)c3cc(Br)ccc3o2)cc1. The molecule has 0 atom stereocenters. The molecule has 3 nitrogen and oxygen atoms in total. The summed E-state index contributed by atoms with van der Waals surface area (Å²) in [4.78, 5) is 4.81. The van der Waals surface area contributed by atoms with E-state index >= 15 is 0 Å². The van der Waals surface area contributed by atoms with E-state index in [0.717, 1.165) is 43.6 Å². The smallest absolute Gasteiger partial charge is 0.136 e. The average molecular weight is 441 g/mol. The Labute approximate surface area is 170 Å². The van der Waals surface area contributed by atoms with Crippen molar-refractivity contribution in [2.75, 3.05) is 7.11 Å². The second kappa shape index (κ2) is 7.59.